The summed E-state index contributed by atoms with van der Waals surface area (Å²) in [6.45, 7) is 4.86. The first-order chi connectivity index (χ1) is 24.6. The molecule has 5 aliphatic rings. The number of amides is 2. The third-order valence-electron chi connectivity index (χ3n) is 11.4. The van der Waals surface area contributed by atoms with E-state index in [2.05, 4.69) is 38.3 Å². The molecule has 10 nitrogen and oxygen atoms in total. The van der Waals surface area contributed by atoms with Gasteiger partial charge in [-0.15, -0.1) is 4.36 Å². The lowest BCUT2D eigenvalue weighted by molar-refractivity contribution is -0.128. The molecular formula is C39H50ClN3O7S. The van der Waals surface area contributed by atoms with Gasteiger partial charge in [-0.3, -0.25) is 14.3 Å². The van der Waals surface area contributed by atoms with E-state index in [1.165, 1.54) is 11.1 Å². The number of benzene rings is 2. The predicted octanol–water partition coefficient (Wildman–Crippen LogP) is 6.29. The molecule has 2 aromatic rings. The highest BCUT2D eigenvalue weighted by molar-refractivity contribution is 7.92. The maximum atomic E-state index is 14.4. The lowest BCUT2D eigenvalue weighted by Gasteiger charge is -2.46. The molecule has 1 spiro atoms. The quantitative estimate of drug-likeness (QED) is 0.356. The minimum atomic E-state index is -3.49. The van der Waals surface area contributed by atoms with E-state index in [1.54, 1.807) is 13.2 Å². The van der Waals surface area contributed by atoms with Crippen LogP contribution in [0.4, 0.5) is 5.69 Å². The number of carbonyl (C=O) groups is 2. The highest BCUT2D eigenvalue weighted by atomic mass is 35.5. The Kier molecular flexibility index (Phi) is 11.1. The molecule has 2 amide bonds. The van der Waals surface area contributed by atoms with Crippen LogP contribution >= 0.6 is 11.6 Å². The van der Waals surface area contributed by atoms with Crippen LogP contribution in [0.25, 0.3) is 0 Å². The number of fused-ring (bicyclic) bond motifs is 4. The number of nitrogens with one attached hydrogen (secondary N) is 1. The van der Waals surface area contributed by atoms with Crippen molar-refractivity contribution in [3.8, 4) is 5.75 Å². The summed E-state index contributed by atoms with van der Waals surface area (Å²) < 4.78 is 45.2. The molecule has 0 radical (unpaired) electrons. The van der Waals surface area contributed by atoms with Crippen molar-refractivity contribution in [2.45, 2.75) is 75.9 Å². The number of aryl methyl sites for hydroxylation is 1. The predicted molar refractivity (Wildman–Crippen MR) is 198 cm³/mol. The molecule has 12 heteroatoms. The number of carbonyl (C=O) groups excluding carboxylic acids is 2. The Hall–Kier alpha value is -2.96. The average molecular weight is 740 g/mol. The van der Waals surface area contributed by atoms with E-state index >= 15 is 0 Å². The van der Waals surface area contributed by atoms with E-state index in [9.17, 15) is 13.8 Å². The number of ether oxygens (including phenoxy) is 4. The molecule has 2 bridgehead atoms. The van der Waals surface area contributed by atoms with Gasteiger partial charge >= 0.3 is 0 Å². The third-order valence-corrected chi connectivity index (χ3v) is 13.7. The summed E-state index contributed by atoms with van der Waals surface area (Å²) in [7, 11) is -1.73. The van der Waals surface area contributed by atoms with Crippen molar-refractivity contribution >= 4 is 39.0 Å². The van der Waals surface area contributed by atoms with E-state index in [0.717, 1.165) is 55.9 Å². The number of nitrogens with zero attached hydrogens (tertiary/aromatic N) is 2. The van der Waals surface area contributed by atoms with Crippen LogP contribution < -0.4 is 14.4 Å². The molecule has 1 saturated carbocycles. The largest absolute Gasteiger partial charge is 0.490 e. The Morgan fingerprint density at radius 1 is 1.16 bits per heavy atom. The maximum absolute atomic E-state index is 14.4. The standard InChI is InChI=1S/C39H50ClN3O7S/c1-26-5-3-7-35(47-2)32-11-8-29(32)21-43-24-39(16-4-6-27-19-30(40)10-12-33(27)39)25-50-36-13-9-28(20-34(36)43)38(45)42-51(46,23-26)41-37(44)22-49-31-14-17-48-18-15-31/h3,7,9-10,12-13,19-20,26,29,31-32,35H,4-6,8,11,14-18,21-25H2,1-2H3,(H,41,42,44,45,46)/b7-3-/t26-,29-,32+,35-,39-,51?/m0/s1. The van der Waals surface area contributed by atoms with Gasteiger partial charge in [0.15, 0.2) is 0 Å². The number of anilines is 1. The van der Waals surface area contributed by atoms with Crippen molar-refractivity contribution in [1.29, 1.82) is 0 Å². The third kappa shape index (κ3) is 8.18. The lowest BCUT2D eigenvalue weighted by atomic mass is 9.68. The summed E-state index contributed by atoms with van der Waals surface area (Å²) in [6, 6.07) is 11.6. The van der Waals surface area contributed by atoms with Crippen molar-refractivity contribution < 1.29 is 32.7 Å². The fourth-order valence-electron chi connectivity index (χ4n) is 8.61. The minimum Gasteiger partial charge on any atom is -0.490 e. The number of rotatable bonds is 5. The molecule has 6 atom stereocenters. The van der Waals surface area contributed by atoms with Crippen molar-refractivity contribution in [2.75, 3.05) is 57.3 Å². The lowest BCUT2D eigenvalue weighted by Crippen LogP contribution is -2.49. The summed E-state index contributed by atoms with van der Waals surface area (Å²) >= 11 is 6.46. The monoisotopic (exact) mass is 739 g/mol. The highest BCUT2D eigenvalue weighted by Crippen LogP contribution is 2.47. The molecule has 1 unspecified atom stereocenters. The van der Waals surface area contributed by atoms with Crippen LogP contribution in [0, 0.1) is 17.8 Å². The van der Waals surface area contributed by atoms with Gasteiger partial charge in [-0.2, -0.15) is 0 Å². The normalized spacial score (nSPS) is 32.0. The van der Waals surface area contributed by atoms with Gasteiger partial charge in [0, 0.05) is 49.4 Å². The van der Waals surface area contributed by atoms with Gasteiger partial charge in [-0.1, -0.05) is 36.7 Å². The van der Waals surface area contributed by atoms with Crippen LogP contribution in [0.5, 0.6) is 5.75 Å². The molecule has 51 heavy (non-hydrogen) atoms. The van der Waals surface area contributed by atoms with Crippen LogP contribution in [0.2, 0.25) is 5.02 Å². The fourth-order valence-corrected chi connectivity index (χ4v) is 10.7. The van der Waals surface area contributed by atoms with Gasteiger partial charge < -0.3 is 23.8 Å². The zero-order valence-electron chi connectivity index (χ0n) is 29.7. The van der Waals surface area contributed by atoms with E-state index < -0.39 is 21.7 Å². The molecule has 0 aromatic heterocycles. The van der Waals surface area contributed by atoms with Crippen LogP contribution in [-0.4, -0.2) is 80.6 Å². The summed E-state index contributed by atoms with van der Waals surface area (Å²) in [5, 5.41) is 0.741. The van der Waals surface area contributed by atoms with E-state index in [4.69, 9.17) is 30.5 Å². The second-order valence-corrected chi connectivity index (χ2v) is 17.5. The average Bonchev–Trinajstić information content (AvgIpc) is 3.25. The van der Waals surface area contributed by atoms with Gasteiger partial charge in [-0.25, -0.2) is 4.21 Å². The molecule has 2 aliphatic carbocycles. The molecule has 7 rings (SSSR count). The Bertz CT molecular complexity index is 1770. The first-order valence-corrected chi connectivity index (χ1v) is 20.5. The molecule has 2 fully saturated rings. The molecule has 276 valence electrons. The van der Waals surface area contributed by atoms with Gasteiger partial charge in [0.2, 0.25) is 0 Å². The van der Waals surface area contributed by atoms with Crippen molar-refractivity contribution in [3.63, 3.8) is 0 Å². The van der Waals surface area contributed by atoms with Gasteiger partial charge in [0.05, 0.1) is 30.3 Å². The second kappa shape index (κ2) is 15.6. The van der Waals surface area contributed by atoms with Crippen molar-refractivity contribution in [3.05, 3.63) is 70.3 Å². The molecule has 3 heterocycles. The Labute approximate surface area is 306 Å². The summed E-state index contributed by atoms with van der Waals surface area (Å²) in [6.07, 6.45) is 11.2. The van der Waals surface area contributed by atoms with Crippen LogP contribution in [0.15, 0.2) is 52.9 Å². The summed E-state index contributed by atoms with van der Waals surface area (Å²) in [5.74, 6) is 0.124. The van der Waals surface area contributed by atoms with Crippen LogP contribution in [-0.2, 0) is 40.8 Å². The Morgan fingerprint density at radius 3 is 2.78 bits per heavy atom. The Morgan fingerprint density at radius 2 is 2.00 bits per heavy atom. The highest BCUT2D eigenvalue weighted by Gasteiger charge is 2.44. The van der Waals surface area contributed by atoms with Gasteiger partial charge in [-0.05, 0) is 111 Å². The van der Waals surface area contributed by atoms with Crippen LogP contribution in [0.1, 0.15) is 73.4 Å². The first kappa shape index (κ1) is 36.4. The molecule has 1 saturated heterocycles. The van der Waals surface area contributed by atoms with E-state index in [-0.39, 0.29) is 35.9 Å². The zero-order valence-corrected chi connectivity index (χ0v) is 31.2. The SMILES string of the molecule is CO[C@H]1/C=C\C[C@H](C)CS(=O)(NC(=O)COC2CCOCC2)=NC(=O)c2ccc3c(c2)N(C[C@@H]2CC[C@H]21)C[C@@]1(CCCc2cc(Cl)ccc21)CO3. The molecule has 2 aromatic carbocycles. The zero-order chi connectivity index (χ0) is 35.6. The van der Waals surface area contributed by atoms with Crippen molar-refractivity contribution in [1.82, 2.24) is 4.72 Å². The molecule has 1 N–H and O–H groups in total. The van der Waals surface area contributed by atoms with Crippen LogP contribution in [0.3, 0.4) is 0 Å². The van der Waals surface area contributed by atoms with E-state index in [1.807, 2.05) is 25.1 Å². The van der Waals surface area contributed by atoms with Gasteiger partial charge in [0.25, 0.3) is 11.8 Å². The number of halogens is 1. The smallest absolute Gasteiger partial charge is 0.286 e. The topological polar surface area (TPSA) is 116 Å². The van der Waals surface area contributed by atoms with Gasteiger partial charge in [0.1, 0.15) is 22.3 Å². The fraction of sp³-hybridized carbons (Fsp3) is 0.590. The summed E-state index contributed by atoms with van der Waals surface area (Å²) in [5.41, 5.74) is 3.41. The molecular weight excluding hydrogens is 690 g/mol. The minimum absolute atomic E-state index is 0.0158. The van der Waals surface area contributed by atoms with E-state index in [0.29, 0.717) is 62.2 Å². The number of hydrogen-bond acceptors (Lipinski definition) is 8. The first-order valence-electron chi connectivity index (χ1n) is 18.4. The number of allylic oxidation sites excluding steroid dienone is 1. The maximum Gasteiger partial charge on any atom is 0.286 e. The second-order valence-electron chi connectivity index (χ2n) is 15.1. The number of hydrogen-bond donors (Lipinski definition) is 1. The number of methoxy groups -OCH3 is 1. The Balaban J connectivity index is 1.24. The molecule has 3 aliphatic heterocycles. The van der Waals surface area contributed by atoms with Crippen molar-refractivity contribution in [2.24, 2.45) is 22.1 Å². The summed E-state index contributed by atoms with van der Waals surface area (Å²) in [4.78, 5) is 29.5.